The van der Waals surface area contributed by atoms with Crippen LogP contribution >= 0.6 is 0 Å². The Kier molecular flexibility index (Phi) is 5.56. The fourth-order valence-electron chi connectivity index (χ4n) is 3.27. The normalized spacial score (nSPS) is 26.8. The quantitative estimate of drug-likeness (QED) is 0.831. The second kappa shape index (κ2) is 7.20. The van der Waals surface area contributed by atoms with E-state index in [-0.39, 0.29) is 12.0 Å². The zero-order valence-corrected chi connectivity index (χ0v) is 13.0. The lowest BCUT2D eigenvalue weighted by Crippen LogP contribution is -2.53. The molecule has 2 rings (SSSR count). The molecule has 5 heteroatoms. The number of aromatic nitrogens is 1. The van der Waals surface area contributed by atoms with E-state index >= 15 is 0 Å². The monoisotopic (exact) mass is 294 g/mol. The van der Waals surface area contributed by atoms with E-state index in [1.165, 1.54) is 0 Å². The average Bonchev–Trinajstić information content (AvgIpc) is 2.51. The first kappa shape index (κ1) is 16.2. The second-order valence-corrected chi connectivity index (χ2v) is 5.99. The van der Waals surface area contributed by atoms with Gasteiger partial charge in [-0.1, -0.05) is 13.3 Å². The van der Waals surface area contributed by atoms with Crippen LogP contribution in [0.4, 0.5) is 0 Å². The Morgan fingerprint density at radius 1 is 1.52 bits per heavy atom. The molecular formula is C16H26N2O3. The van der Waals surface area contributed by atoms with E-state index in [0.717, 1.165) is 38.0 Å². The Balaban J connectivity index is 2.07. The SMILES string of the molecule is CCC[C@@]1(CO)CN(Cc2ccnc(OC)c2)CC[C@H]1O. The van der Waals surface area contributed by atoms with Gasteiger partial charge >= 0.3 is 0 Å². The summed E-state index contributed by atoms with van der Waals surface area (Å²) in [6, 6.07) is 3.92. The van der Waals surface area contributed by atoms with Crippen molar-refractivity contribution in [2.24, 2.45) is 5.41 Å². The summed E-state index contributed by atoms with van der Waals surface area (Å²) in [5.41, 5.74) is 0.756. The fourth-order valence-corrected chi connectivity index (χ4v) is 3.27. The van der Waals surface area contributed by atoms with Gasteiger partial charge in [0.05, 0.1) is 19.8 Å². The highest BCUT2D eigenvalue weighted by atomic mass is 16.5. The number of hydrogen-bond acceptors (Lipinski definition) is 5. The van der Waals surface area contributed by atoms with E-state index in [9.17, 15) is 10.2 Å². The van der Waals surface area contributed by atoms with Crippen molar-refractivity contribution in [1.29, 1.82) is 0 Å². The molecule has 0 aliphatic carbocycles. The lowest BCUT2D eigenvalue weighted by molar-refractivity contribution is -0.0819. The van der Waals surface area contributed by atoms with E-state index < -0.39 is 6.10 Å². The van der Waals surface area contributed by atoms with E-state index in [1.54, 1.807) is 13.3 Å². The zero-order valence-electron chi connectivity index (χ0n) is 13.0. The number of methoxy groups -OCH3 is 1. The first-order valence-corrected chi connectivity index (χ1v) is 7.63. The van der Waals surface area contributed by atoms with Gasteiger partial charge in [-0.05, 0) is 24.5 Å². The van der Waals surface area contributed by atoms with Crippen molar-refractivity contribution >= 4 is 0 Å². The third-order valence-corrected chi connectivity index (χ3v) is 4.44. The Bertz CT molecular complexity index is 455. The van der Waals surface area contributed by atoms with Crippen molar-refractivity contribution in [3.05, 3.63) is 23.9 Å². The van der Waals surface area contributed by atoms with Crippen LogP contribution < -0.4 is 4.74 Å². The third-order valence-electron chi connectivity index (χ3n) is 4.44. The molecule has 21 heavy (non-hydrogen) atoms. The summed E-state index contributed by atoms with van der Waals surface area (Å²) >= 11 is 0. The Hall–Kier alpha value is -1.17. The highest BCUT2D eigenvalue weighted by Crippen LogP contribution is 2.35. The molecule has 1 saturated heterocycles. The number of piperidine rings is 1. The molecule has 1 aliphatic heterocycles. The summed E-state index contributed by atoms with van der Waals surface area (Å²) in [7, 11) is 1.61. The molecule has 0 saturated carbocycles. The molecule has 2 N–H and O–H groups in total. The van der Waals surface area contributed by atoms with Crippen molar-refractivity contribution in [1.82, 2.24) is 9.88 Å². The minimum atomic E-state index is -0.411. The van der Waals surface area contributed by atoms with Crippen molar-refractivity contribution in [3.8, 4) is 5.88 Å². The maximum absolute atomic E-state index is 10.3. The molecule has 1 aromatic heterocycles. The van der Waals surface area contributed by atoms with Crippen LogP contribution in [0.3, 0.4) is 0 Å². The standard InChI is InChI=1S/C16H26N2O3/c1-3-6-16(12-19)11-18(8-5-14(16)20)10-13-4-7-17-15(9-13)21-2/h4,7,9,14,19-20H,3,5-6,8,10-12H2,1-2H3/t14-,16+/m1/s1. The Labute approximate surface area is 126 Å². The summed E-state index contributed by atoms with van der Waals surface area (Å²) in [6.45, 7) is 4.49. The molecule has 0 radical (unpaired) electrons. The van der Waals surface area contributed by atoms with Gasteiger partial charge in [0.25, 0.3) is 0 Å². The van der Waals surface area contributed by atoms with Crippen molar-refractivity contribution in [2.75, 3.05) is 26.8 Å². The lowest BCUT2D eigenvalue weighted by Gasteiger charge is -2.45. The van der Waals surface area contributed by atoms with Crippen LogP contribution in [-0.4, -0.2) is 53.0 Å². The molecule has 0 aromatic carbocycles. The van der Waals surface area contributed by atoms with Crippen molar-refractivity contribution in [3.63, 3.8) is 0 Å². The van der Waals surface area contributed by atoms with E-state index in [2.05, 4.69) is 16.8 Å². The van der Waals surface area contributed by atoms with E-state index in [1.807, 2.05) is 12.1 Å². The van der Waals surface area contributed by atoms with Gasteiger partial charge < -0.3 is 14.9 Å². The fraction of sp³-hybridized carbons (Fsp3) is 0.688. The average molecular weight is 294 g/mol. The smallest absolute Gasteiger partial charge is 0.213 e. The van der Waals surface area contributed by atoms with Crippen LogP contribution in [0.15, 0.2) is 18.3 Å². The number of nitrogens with zero attached hydrogens (tertiary/aromatic N) is 2. The number of hydrogen-bond donors (Lipinski definition) is 2. The molecule has 0 bridgehead atoms. The number of pyridine rings is 1. The molecule has 1 aromatic rings. The highest BCUT2D eigenvalue weighted by molar-refractivity contribution is 5.20. The van der Waals surface area contributed by atoms with Gasteiger partial charge in [-0.15, -0.1) is 0 Å². The maximum atomic E-state index is 10.3. The van der Waals surface area contributed by atoms with E-state index in [4.69, 9.17) is 4.74 Å². The van der Waals surface area contributed by atoms with Gasteiger partial charge in [0.1, 0.15) is 0 Å². The first-order chi connectivity index (χ1) is 10.1. The Morgan fingerprint density at radius 3 is 3.00 bits per heavy atom. The molecule has 1 fully saturated rings. The van der Waals surface area contributed by atoms with E-state index in [0.29, 0.717) is 12.3 Å². The van der Waals surface area contributed by atoms with Crippen molar-refractivity contribution in [2.45, 2.75) is 38.8 Å². The molecule has 2 atom stereocenters. The summed E-state index contributed by atoms with van der Waals surface area (Å²) < 4.78 is 5.15. The molecule has 2 heterocycles. The van der Waals surface area contributed by atoms with Crippen LogP contribution in [0.1, 0.15) is 31.7 Å². The van der Waals surface area contributed by atoms with Gasteiger partial charge in [-0.3, -0.25) is 4.90 Å². The van der Waals surface area contributed by atoms with Crippen LogP contribution in [-0.2, 0) is 6.54 Å². The molecular weight excluding hydrogens is 268 g/mol. The van der Waals surface area contributed by atoms with Crippen molar-refractivity contribution < 1.29 is 14.9 Å². The van der Waals surface area contributed by atoms with Gasteiger partial charge in [0.2, 0.25) is 5.88 Å². The molecule has 5 nitrogen and oxygen atoms in total. The summed E-state index contributed by atoms with van der Waals surface area (Å²) in [5.74, 6) is 0.617. The second-order valence-electron chi connectivity index (χ2n) is 5.99. The lowest BCUT2D eigenvalue weighted by atomic mass is 9.74. The number of rotatable bonds is 6. The highest BCUT2D eigenvalue weighted by Gasteiger charge is 2.41. The predicted molar refractivity (Wildman–Crippen MR) is 81.1 cm³/mol. The zero-order chi connectivity index (χ0) is 15.3. The van der Waals surface area contributed by atoms with Crippen LogP contribution in [0.2, 0.25) is 0 Å². The third kappa shape index (κ3) is 3.73. The number of likely N-dealkylation sites (tertiary alicyclic amines) is 1. The van der Waals surface area contributed by atoms with Crippen LogP contribution in [0, 0.1) is 5.41 Å². The topological polar surface area (TPSA) is 65.8 Å². The molecule has 0 unspecified atom stereocenters. The maximum Gasteiger partial charge on any atom is 0.213 e. The van der Waals surface area contributed by atoms with Gasteiger partial charge in [-0.2, -0.15) is 0 Å². The number of ether oxygens (including phenoxy) is 1. The van der Waals surface area contributed by atoms with Gasteiger partial charge in [0, 0.05) is 37.3 Å². The minimum absolute atomic E-state index is 0.0399. The van der Waals surface area contributed by atoms with Crippen LogP contribution in [0.25, 0.3) is 0 Å². The summed E-state index contributed by atoms with van der Waals surface area (Å²) in [5, 5.41) is 20.1. The summed E-state index contributed by atoms with van der Waals surface area (Å²) in [4.78, 5) is 6.42. The summed E-state index contributed by atoms with van der Waals surface area (Å²) in [6.07, 6.45) is 3.86. The first-order valence-electron chi connectivity index (χ1n) is 7.63. The predicted octanol–water partition coefficient (Wildman–Crippen LogP) is 1.44. The van der Waals surface area contributed by atoms with Gasteiger partial charge in [0.15, 0.2) is 0 Å². The minimum Gasteiger partial charge on any atom is -0.481 e. The van der Waals surface area contributed by atoms with Gasteiger partial charge in [-0.25, -0.2) is 4.98 Å². The largest absolute Gasteiger partial charge is 0.481 e. The molecule has 118 valence electrons. The number of aliphatic hydroxyl groups excluding tert-OH is 2. The molecule has 0 spiro atoms. The molecule has 1 aliphatic rings. The van der Waals surface area contributed by atoms with Crippen LogP contribution in [0.5, 0.6) is 5.88 Å². The Morgan fingerprint density at radius 2 is 2.33 bits per heavy atom. The number of aliphatic hydroxyl groups is 2. The molecule has 0 amide bonds.